The number of nitrogens with two attached hydrogens (primary N) is 2. The molecule has 0 amide bonds. The van der Waals surface area contributed by atoms with Crippen LogP contribution in [0.15, 0.2) is 52.7 Å². The first kappa shape index (κ1) is 11.6. The van der Waals surface area contributed by atoms with Gasteiger partial charge in [0.25, 0.3) is 0 Å². The van der Waals surface area contributed by atoms with E-state index in [1.54, 1.807) is 42.5 Å². The van der Waals surface area contributed by atoms with Gasteiger partial charge in [-0.15, -0.1) is 5.11 Å². The van der Waals surface area contributed by atoms with E-state index >= 15 is 0 Å². The van der Waals surface area contributed by atoms with Gasteiger partial charge < -0.3 is 11.5 Å². The molecule has 18 heavy (non-hydrogen) atoms. The van der Waals surface area contributed by atoms with E-state index < -0.39 is 0 Å². The summed E-state index contributed by atoms with van der Waals surface area (Å²) in [5.41, 5.74) is 14.2. The Morgan fingerprint density at radius 3 is 2.28 bits per heavy atom. The number of anilines is 2. The van der Waals surface area contributed by atoms with Crippen LogP contribution in [0.3, 0.4) is 0 Å². The molecule has 5 heteroatoms. The lowest BCUT2D eigenvalue weighted by molar-refractivity contribution is 1.23. The predicted molar refractivity (Wildman–Crippen MR) is 70.6 cm³/mol. The highest BCUT2D eigenvalue weighted by molar-refractivity contribution is 5.67. The molecule has 0 spiro atoms. The molecule has 0 saturated carbocycles. The molecule has 0 fully saturated rings. The number of benzene rings is 2. The van der Waals surface area contributed by atoms with Gasteiger partial charge in [-0.05, 0) is 42.5 Å². The predicted octanol–water partition coefficient (Wildman–Crippen LogP) is 3.14. The standard InChI is InChI=1S/C13H11N5/c14-8-9-1-4-11(5-2-9)17-18-13-6-3-10(15)7-12(13)16/h1-7H,15-16H2. The van der Waals surface area contributed by atoms with Gasteiger partial charge in [0, 0.05) is 5.69 Å². The Kier molecular flexibility index (Phi) is 3.21. The molecule has 0 radical (unpaired) electrons. The molecule has 0 aliphatic carbocycles. The average Bonchev–Trinajstić information content (AvgIpc) is 2.38. The summed E-state index contributed by atoms with van der Waals surface area (Å²) in [5.74, 6) is 0. The van der Waals surface area contributed by atoms with Crippen molar-refractivity contribution in [3.8, 4) is 6.07 Å². The third kappa shape index (κ3) is 2.62. The quantitative estimate of drug-likeness (QED) is 0.619. The fourth-order valence-corrected chi connectivity index (χ4v) is 1.38. The zero-order valence-electron chi connectivity index (χ0n) is 9.54. The molecule has 2 rings (SSSR count). The summed E-state index contributed by atoms with van der Waals surface area (Å²) in [6.07, 6.45) is 0. The maximum atomic E-state index is 8.67. The number of nitrogens with zero attached hydrogens (tertiary/aromatic N) is 3. The van der Waals surface area contributed by atoms with E-state index in [0.717, 1.165) is 0 Å². The second-order valence-electron chi connectivity index (χ2n) is 3.68. The van der Waals surface area contributed by atoms with E-state index in [1.807, 2.05) is 6.07 Å². The first-order valence-corrected chi connectivity index (χ1v) is 5.26. The Morgan fingerprint density at radius 1 is 0.944 bits per heavy atom. The lowest BCUT2D eigenvalue weighted by atomic mass is 10.2. The van der Waals surface area contributed by atoms with Crippen molar-refractivity contribution in [3.63, 3.8) is 0 Å². The summed E-state index contributed by atoms with van der Waals surface area (Å²) in [6.45, 7) is 0. The Balaban J connectivity index is 2.22. The summed E-state index contributed by atoms with van der Waals surface area (Å²) in [7, 11) is 0. The second kappa shape index (κ2) is 4.97. The van der Waals surface area contributed by atoms with Gasteiger partial charge in [0.15, 0.2) is 0 Å². The number of hydrogen-bond acceptors (Lipinski definition) is 5. The highest BCUT2D eigenvalue weighted by atomic mass is 15.1. The first-order valence-electron chi connectivity index (χ1n) is 5.26. The molecule has 0 saturated heterocycles. The smallest absolute Gasteiger partial charge is 0.109 e. The highest BCUT2D eigenvalue weighted by Crippen LogP contribution is 2.26. The zero-order valence-corrected chi connectivity index (χ0v) is 9.54. The van der Waals surface area contributed by atoms with Crippen LogP contribution in [0, 0.1) is 11.3 Å². The summed E-state index contributed by atoms with van der Waals surface area (Å²) >= 11 is 0. The van der Waals surface area contributed by atoms with Crippen molar-refractivity contribution in [1.82, 2.24) is 0 Å². The molecule has 0 aromatic heterocycles. The molecule has 2 aromatic rings. The topological polar surface area (TPSA) is 101 Å². The SMILES string of the molecule is N#Cc1ccc(N=Nc2ccc(N)cc2N)cc1. The van der Waals surface area contributed by atoms with E-state index in [2.05, 4.69) is 10.2 Å². The van der Waals surface area contributed by atoms with E-state index in [9.17, 15) is 0 Å². The molecular formula is C13H11N5. The van der Waals surface area contributed by atoms with E-state index in [0.29, 0.717) is 28.3 Å². The lowest BCUT2D eigenvalue weighted by Crippen LogP contribution is -1.89. The van der Waals surface area contributed by atoms with Crippen molar-refractivity contribution >= 4 is 22.7 Å². The van der Waals surface area contributed by atoms with Crippen LogP contribution in [-0.4, -0.2) is 0 Å². The van der Waals surface area contributed by atoms with Gasteiger partial charge in [-0.1, -0.05) is 0 Å². The molecule has 2 aromatic carbocycles. The molecule has 88 valence electrons. The van der Waals surface area contributed by atoms with Crippen LogP contribution in [-0.2, 0) is 0 Å². The van der Waals surface area contributed by atoms with E-state index in [4.69, 9.17) is 16.7 Å². The highest BCUT2D eigenvalue weighted by Gasteiger charge is 1.97. The molecule has 4 N–H and O–H groups in total. The summed E-state index contributed by atoms with van der Waals surface area (Å²) in [6, 6.07) is 13.9. The fraction of sp³-hybridized carbons (Fsp3) is 0. The summed E-state index contributed by atoms with van der Waals surface area (Å²) < 4.78 is 0. The van der Waals surface area contributed by atoms with Crippen molar-refractivity contribution in [3.05, 3.63) is 48.0 Å². The number of rotatable bonds is 2. The monoisotopic (exact) mass is 237 g/mol. The van der Waals surface area contributed by atoms with Crippen molar-refractivity contribution in [2.24, 2.45) is 10.2 Å². The normalized spacial score (nSPS) is 10.4. The Morgan fingerprint density at radius 2 is 1.67 bits per heavy atom. The molecule has 5 nitrogen and oxygen atoms in total. The minimum atomic E-state index is 0.479. The Hall–Kier alpha value is -2.87. The van der Waals surface area contributed by atoms with Gasteiger partial charge >= 0.3 is 0 Å². The number of nitrogen functional groups attached to an aromatic ring is 2. The largest absolute Gasteiger partial charge is 0.399 e. The van der Waals surface area contributed by atoms with Gasteiger partial charge in [0.1, 0.15) is 5.69 Å². The molecule has 0 unspecified atom stereocenters. The van der Waals surface area contributed by atoms with E-state index in [1.165, 1.54) is 0 Å². The van der Waals surface area contributed by atoms with Crippen LogP contribution in [0.5, 0.6) is 0 Å². The van der Waals surface area contributed by atoms with Crippen molar-refractivity contribution in [2.45, 2.75) is 0 Å². The Labute approximate surface area is 104 Å². The first-order chi connectivity index (χ1) is 8.69. The molecule has 0 aliphatic rings. The van der Waals surface area contributed by atoms with E-state index in [-0.39, 0.29) is 0 Å². The van der Waals surface area contributed by atoms with Gasteiger partial charge in [-0.3, -0.25) is 0 Å². The molecule has 0 aliphatic heterocycles. The van der Waals surface area contributed by atoms with Crippen molar-refractivity contribution < 1.29 is 0 Å². The molecule has 0 atom stereocenters. The van der Waals surface area contributed by atoms with Gasteiger partial charge in [0.2, 0.25) is 0 Å². The lowest BCUT2D eigenvalue weighted by Gasteiger charge is -1.99. The van der Waals surface area contributed by atoms with Crippen LogP contribution in [0.25, 0.3) is 0 Å². The zero-order chi connectivity index (χ0) is 13.0. The van der Waals surface area contributed by atoms with Gasteiger partial charge in [-0.2, -0.15) is 10.4 Å². The third-order valence-electron chi connectivity index (χ3n) is 2.32. The number of nitriles is 1. The van der Waals surface area contributed by atoms with Gasteiger partial charge in [-0.25, -0.2) is 0 Å². The summed E-state index contributed by atoms with van der Waals surface area (Å²) in [5, 5.41) is 16.7. The minimum absolute atomic E-state index is 0.479. The number of hydrogen-bond donors (Lipinski definition) is 2. The average molecular weight is 237 g/mol. The van der Waals surface area contributed by atoms with Crippen LogP contribution < -0.4 is 11.5 Å². The second-order valence-corrected chi connectivity index (χ2v) is 3.68. The minimum Gasteiger partial charge on any atom is -0.399 e. The van der Waals surface area contributed by atoms with Gasteiger partial charge in [0.05, 0.1) is 23.0 Å². The molecule has 0 heterocycles. The number of azo groups is 1. The maximum Gasteiger partial charge on any atom is 0.109 e. The maximum absolute atomic E-state index is 8.67. The van der Waals surface area contributed by atoms with Crippen LogP contribution >= 0.6 is 0 Å². The Bertz CT molecular complexity index is 623. The van der Waals surface area contributed by atoms with Crippen molar-refractivity contribution in [1.29, 1.82) is 5.26 Å². The molecule has 0 bridgehead atoms. The summed E-state index contributed by atoms with van der Waals surface area (Å²) in [4.78, 5) is 0. The molecular weight excluding hydrogens is 226 g/mol. The fourth-order valence-electron chi connectivity index (χ4n) is 1.38. The van der Waals surface area contributed by atoms with Crippen LogP contribution in [0.2, 0.25) is 0 Å². The van der Waals surface area contributed by atoms with Crippen molar-refractivity contribution in [2.75, 3.05) is 11.5 Å². The third-order valence-corrected chi connectivity index (χ3v) is 2.32. The van der Waals surface area contributed by atoms with Crippen LogP contribution in [0.4, 0.5) is 22.7 Å². The van der Waals surface area contributed by atoms with Crippen LogP contribution in [0.1, 0.15) is 5.56 Å².